The van der Waals surface area contributed by atoms with E-state index < -0.39 is 6.16 Å². The SMILES string of the molecule is CCC(C)C(=O)OC(C)(C)C.CCC(C)c1ccc(O)cc1.CCC(C)c1ccc(O)cc1.CCC(C)c1ccc(O)cc1.CCC(C)c1ccc(OC(=O)OC)cc1.CCC(C)c1ccc(OC(C)OCCOc2ccc(C3CCCCC3)cc2)cc1. The molecular weight excluding hydrogens is 1100 g/mol. The van der Waals surface area contributed by atoms with Crippen molar-refractivity contribution in [2.24, 2.45) is 5.92 Å². The first-order valence-corrected chi connectivity index (χ1v) is 32.5. The van der Waals surface area contributed by atoms with Gasteiger partial charge in [-0.15, -0.1) is 0 Å². The van der Waals surface area contributed by atoms with E-state index in [-0.39, 0.29) is 23.8 Å². The Morgan fingerprint density at radius 1 is 0.455 bits per heavy atom. The van der Waals surface area contributed by atoms with Gasteiger partial charge in [0.2, 0.25) is 0 Å². The first kappa shape index (κ1) is 77.1. The highest BCUT2D eigenvalue weighted by Crippen LogP contribution is 2.34. The van der Waals surface area contributed by atoms with E-state index in [0.29, 0.717) is 65.8 Å². The lowest BCUT2D eigenvalue weighted by molar-refractivity contribution is -0.159. The zero-order chi connectivity index (χ0) is 65.6. The minimum absolute atomic E-state index is 0.0224. The van der Waals surface area contributed by atoms with Gasteiger partial charge in [0.05, 0.1) is 19.6 Å². The molecule has 6 aromatic carbocycles. The Kier molecular flexibility index (Phi) is 37.5. The maximum Gasteiger partial charge on any atom is 0.513 e. The molecule has 0 aliphatic heterocycles. The van der Waals surface area contributed by atoms with E-state index in [2.05, 4.69) is 110 Å². The second kappa shape index (κ2) is 42.8. The van der Waals surface area contributed by atoms with E-state index in [1.165, 1.54) is 72.6 Å². The molecule has 0 heterocycles. The second-order valence-electron chi connectivity index (χ2n) is 24.2. The van der Waals surface area contributed by atoms with E-state index in [1.807, 2.05) is 102 Å². The van der Waals surface area contributed by atoms with Gasteiger partial charge in [-0.2, -0.15) is 0 Å². The van der Waals surface area contributed by atoms with Gasteiger partial charge in [0, 0.05) is 0 Å². The van der Waals surface area contributed by atoms with Crippen LogP contribution in [0.15, 0.2) is 146 Å². The molecule has 88 heavy (non-hydrogen) atoms. The topological polar surface area (TPSA) is 150 Å². The van der Waals surface area contributed by atoms with Crippen molar-refractivity contribution in [3.63, 3.8) is 0 Å². The lowest BCUT2D eigenvalue weighted by atomic mass is 9.84. The third-order valence-corrected chi connectivity index (χ3v) is 16.1. The van der Waals surface area contributed by atoms with Crippen LogP contribution in [0.3, 0.4) is 0 Å². The molecule has 0 aromatic heterocycles. The predicted molar refractivity (Wildman–Crippen MR) is 363 cm³/mol. The van der Waals surface area contributed by atoms with Crippen molar-refractivity contribution in [3.05, 3.63) is 179 Å². The fraction of sp³-hybridized carbons (Fsp3) is 0.506. The lowest BCUT2D eigenvalue weighted by Crippen LogP contribution is -2.27. The Bertz CT molecular complexity index is 2610. The summed E-state index contributed by atoms with van der Waals surface area (Å²) in [6.45, 7) is 34.2. The van der Waals surface area contributed by atoms with Crippen molar-refractivity contribution in [2.45, 2.75) is 229 Å². The van der Waals surface area contributed by atoms with Gasteiger partial charge in [0.25, 0.3) is 0 Å². The number of carbonyl (C=O) groups is 2. The van der Waals surface area contributed by atoms with Gasteiger partial charge in [-0.3, -0.25) is 4.79 Å². The Morgan fingerprint density at radius 2 is 0.795 bits per heavy atom. The van der Waals surface area contributed by atoms with Crippen LogP contribution >= 0.6 is 0 Å². The van der Waals surface area contributed by atoms with E-state index >= 15 is 0 Å². The van der Waals surface area contributed by atoms with Crippen molar-refractivity contribution in [1.29, 1.82) is 0 Å². The number of benzene rings is 6. The maximum atomic E-state index is 11.2. The summed E-state index contributed by atoms with van der Waals surface area (Å²) in [6.07, 6.45) is 12.3. The highest BCUT2D eigenvalue weighted by molar-refractivity contribution is 5.72. The maximum absolute atomic E-state index is 11.2. The number of phenolic OH excluding ortho intramolecular Hbond substituents is 3. The summed E-state index contributed by atoms with van der Waals surface area (Å²) in [6, 6.07) is 46.7. The highest BCUT2D eigenvalue weighted by atomic mass is 16.7. The van der Waals surface area contributed by atoms with Gasteiger partial charge >= 0.3 is 12.1 Å². The third-order valence-electron chi connectivity index (χ3n) is 16.1. The average molecular weight is 1210 g/mol. The summed E-state index contributed by atoms with van der Waals surface area (Å²) in [4.78, 5) is 22.0. The fourth-order valence-corrected chi connectivity index (χ4v) is 8.90. The summed E-state index contributed by atoms with van der Waals surface area (Å²) in [7, 11) is 1.29. The average Bonchev–Trinajstić information content (AvgIpc) is 3.61. The van der Waals surface area contributed by atoms with E-state index in [4.69, 9.17) is 39.0 Å². The number of esters is 1. The molecule has 0 saturated heterocycles. The molecule has 1 aliphatic rings. The number of hydrogen-bond acceptors (Lipinski definition) is 11. The molecule has 1 saturated carbocycles. The number of carbonyl (C=O) groups excluding carboxylic acids is 2. The highest BCUT2D eigenvalue weighted by Gasteiger charge is 2.20. The van der Waals surface area contributed by atoms with Crippen LogP contribution in [-0.2, 0) is 19.0 Å². The molecule has 7 unspecified atom stereocenters. The predicted octanol–water partition coefficient (Wildman–Crippen LogP) is 21.5. The van der Waals surface area contributed by atoms with Crippen LogP contribution in [-0.4, -0.2) is 59.7 Å². The van der Waals surface area contributed by atoms with Crippen LogP contribution in [0.25, 0.3) is 0 Å². The minimum atomic E-state index is -0.689. The summed E-state index contributed by atoms with van der Waals surface area (Å²) in [5.74, 6) is 6.82. The van der Waals surface area contributed by atoms with Crippen LogP contribution in [0.1, 0.15) is 250 Å². The molecule has 0 radical (unpaired) electrons. The van der Waals surface area contributed by atoms with Gasteiger partial charge in [-0.25, -0.2) is 4.79 Å². The number of methoxy groups -OCH3 is 1. The van der Waals surface area contributed by atoms with E-state index in [9.17, 15) is 9.59 Å². The van der Waals surface area contributed by atoms with Crippen molar-refractivity contribution in [2.75, 3.05) is 20.3 Å². The first-order valence-electron chi connectivity index (χ1n) is 32.5. The molecule has 11 heteroatoms. The summed E-state index contributed by atoms with van der Waals surface area (Å²) in [5.41, 5.74) is 7.59. The summed E-state index contributed by atoms with van der Waals surface area (Å²) in [5, 5.41) is 27.0. The summed E-state index contributed by atoms with van der Waals surface area (Å²) < 4.78 is 31.8. The molecule has 0 bridgehead atoms. The zero-order valence-corrected chi connectivity index (χ0v) is 56.8. The molecule has 3 N–H and O–H groups in total. The van der Waals surface area contributed by atoms with Gasteiger partial charge in [0.1, 0.15) is 46.7 Å². The molecule has 11 nitrogen and oxygen atoms in total. The Balaban J connectivity index is 0.000000383. The number of rotatable bonds is 21. The van der Waals surface area contributed by atoms with Gasteiger partial charge < -0.3 is 43.7 Å². The van der Waals surface area contributed by atoms with Gasteiger partial charge in [-0.05, 0) is 221 Å². The molecule has 486 valence electrons. The molecule has 7 atom stereocenters. The van der Waals surface area contributed by atoms with Crippen LogP contribution in [0, 0.1) is 5.92 Å². The standard InChI is InChI=1S/C26H36O3.C12H16O3.3C10H14O.C9H18O2/c1-4-20(2)22-10-16-26(17-11-22)29-21(3)27-18-19-28-25-14-12-24(13-15-25)23-8-6-5-7-9-23;1-4-9(2)10-5-7-11(8-6-10)15-12(13)14-3;3*1-3-8(2)9-4-6-10(11)7-5-9;1-6-7(2)8(10)11-9(3,4)5/h10-17,20-21,23H,4-9,18-19H2,1-3H3;5-9H,4H2,1-3H3;3*4-8,11H,3H2,1-2H3;7H,6H2,1-5H3. The normalized spacial score (nSPS) is 14.2. The monoisotopic (exact) mass is 1210 g/mol. The zero-order valence-electron chi connectivity index (χ0n) is 56.8. The lowest BCUT2D eigenvalue weighted by Gasteiger charge is -2.22. The Labute approximate surface area is 531 Å². The Hall–Kier alpha value is -6.98. The quantitative estimate of drug-likeness (QED) is 0.0273. The number of hydrogen-bond donors (Lipinski definition) is 3. The molecule has 1 aliphatic carbocycles. The van der Waals surface area contributed by atoms with Crippen molar-refractivity contribution in [1.82, 2.24) is 0 Å². The fourth-order valence-electron chi connectivity index (χ4n) is 8.90. The second-order valence-corrected chi connectivity index (χ2v) is 24.2. The van der Waals surface area contributed by atoms with Crippen LogP contribution in [0.2, 0.25) is 0 Å². The van der Waals surface area contributed by atoms with Gasteiger partial charge in [0.15, 0.2) is 6.29 Å². The largest absolute Gasteiger partial charge is 0.513 e. The van der Waals surface area contributed by atoms with E-state index in [0.717, 1.165) is 55.9 Å². The summed E-state index contributed by atoms with van der Waals surface area (Å²) >= 11 is 0. The van der Waals surface area contributed by atoms with Gasteiger partial charge in [-0.1, -0.05) is 175 Å². The number of aromatic hydroxyl groups is 3. The molecule has 0 amide bonds. The minimum Gasteiger partial charge on any atom is -0.508 e. The molecular formula is C77H112O11. The molecule has 0 spiro atoms. The first-order chi connectivity index (χ1) is 41.9. The smallest absolute Gasteiger partial charge is 0.508 e. The molecule has 1 fully saturated rings. The molecule has 6 aromatic rings. The number of phenols is 3. The van der Waals surface area contributed by atoms with Crippen LogP contribution in [0.5, 0.6) is 34.5 Å². The van der Waals surface area contributed by atoms with E-state index in [1.54, 1.807) is 48.5 Å². The molecule has 7 rings (SSSR count). The Morgan fingerprint density at radius 3 is 1.12 bits per heavy atom. The van der Waals surface area contributed by atoms with Crippen LogP contribution in [0.4, 0.5) is 4.79 Å². The van der Waals surface area contributed by atoms with Crippen molar-refractivity contribution < 1.29 is 53.3 Å². The number of ether oxygens (including phenoxy) is 6. The third kappa shape index (κ3) is 31.8. The van der Waals surface area contributed by atoms with Crippen LogP contribution < -0.4 is 14.2 Å². The van der Waals surface area contributed by atoms with Crippen molar-refractivity contribution in [3.8, 4) is 34.5 Å². The van der Waals surface area contributed by atoms with Crippen molar-refractivity contribution >= 4 is 12.1 Å².